The summed E-state index contributed by atoms with van der Waals surface area (Å²) in [6.45, 7) is 2.12. The monoisotopic (exact) mass is 348 g/mol. The van der Waals surface area contributed by atoms with Gasteiger partial charge in [-0.2, -0.15) is 0 Å². The summed E-state index contributed by atoms with van der Waals surface area (Å²) in [7, 11) is 0. The van der Waals surface area contributed by atoms with E-state index in [9.17, 15) is 14.9 Å². The first kappa shape index (κ1) is 15.2. The number of nitrogens with one attached hydrogen (secondary N) is 1. The van der Waals surface area contributed by atoms with Crippen LogP contribution in [0.3, 0.4) is 0 Å². The first-order valence-electron chi connectivity index (χ1n) is 6.25. The van der Waals surface area contributed by atoms with Gasteiger partial charge in [0.05, 0.1) is 4.92 Å². The van der Waals surface area contributed by atoms with Gasteiger partial charge in [-0.3, -0.25) is 14.9 Å². The standard InChI is InChI=1S/C15H13BrN2O3/c1-10-2-7-13(18(20)21)8-14(10)15(19)17-9-11-3-5-12(16)6-4-11/h2-8H,9H2,1H3,(H,17,19). The molecule has 0 saturated carbocycles. The van der Waals surface area contributed by atoms with Crippen LogP contribution in [-0.4, -0.2) is 10.8 Å². The number of non-ortho nitro benzene ring substituents is 1. The van der Waals surface area contributed by atoms with E-state index >= 15 is 0 Å². The van der Waals surface area contributed by atoms with E-state index < -0.39 is 4.92 Å². The molecule has 6 heteroatoms. The summed E-state index contributed by atoms with van der Waals surface area (Å²) in [6.07, 6.45) is 0. The van der Waals surface area contributed by atoms with Crippen LogP contribution in [0.5, 0.6) is 0 Å². The zero-order chi connectivity index (χ0) is 15.4. The van der Waals surface area contributed by atoms with Crippen LogP contribution >= 0.6 is 15.9 Å². The van der Waals surface area contributed by atoms with Crippen molar-refractivity contribution in [2.75, 3.05) is 0 Å². The molecule has 0 saturated heterocycles. The van der Waals surface area contributed by atoms with E-state index in [1.807, 2.05) is 24.3 Å². The van der Waals surface area contributed by atoms with Crippen LogP contribution in [-0.2, 0) is 6.54 Å². The third-order valence-corrected chi connectivity index (χ3v) is 3.57. The van der Waals surface area contributed by atoms with E-state index in [-0.39, 0.29) is 11.6 Å². The maximum atomic E-state index is 12.1. The highest BCUT2D eigenvalue weighted by Crippen LogP contribution is 2.17. The molecular weight excluding hydrogens is 336 g/mol. The number of benzene rings is 2. The summed E-state index contributed by atoms with van der Waals surface area (Å²) in [5.74, 6) is -0.320. The van der Waals surface area contributed by atoms with Crippen molar-refractivity contribution in [1.82, 2.24) is 5.32 Å². The molecule has 0 spiro atoms. The molecule has 0 aliphatic rings. The Kier molecular flexibility index (Phi) is 4.70. The van der Waals surface area contributed by atoms with Crippen molar-refractivity contribution in [3.63, 3.8) is 0 Å². The summed E-state index contributed by atoms with van der Waals surface area (Å²) < 4.78 is 0.965. The second kappa shape index (κ2) is 6.49. The van der Waals surface area contributed by atoms with Crippen molar-refractivity contribution in [1.29, 1.82) is 0 Å². The molecule has 108 valence electrons. The van der Waals surface area contributed by atoms with Crippen molar-refractivity contribution in [2.45, 2.75) is 13.5 Å². The molecule has 0 aliphatic heterocycles. The average molecular weight is 349 g/mol. The van der Waals surface area contributed by atoms with E-state index in [0.717, 1.165) is 10.0 Å². The van der Waals surface area contributed by atoms with Crippen molar-refractivity contribution in [3.8, 4) is 0 Å². The smallest absolute Gasteiger partial charge is 0.270 e. The van der Waals surface area contributed by atoms with Gasteiger partial charge in [-0.15, -0.1) is 0 Å². The first-order chi connectivity index (χ1) is 9.97. The van der Waals surface area contributed by atoms with Gasteiger partial charge in [-0.1, -0.05) is 34.1 Å². The van der Waals surface area contributed by atoms with Crippen molar-refractivity contribution in [2.24, 2.45) is 0 Å². The lowest BCUT2D eigenvalue weighted by molar-refractivity contribution is -0.384. The predicted molar refractivity (Wildman–Crippen MR) is 83.1 cm³/mol. The van der Waals surface area contributed by atoms with Crippen LogP contribution in [0.15, 0.2) is 46.9 Å². The number of amides is 1. The number of hydrogen-bond acceptors (Lipinski definition) is 3. The van der Waals surface area contributed by atoms with Crippen LogP contribution in [0.1, 0.15) is 21.5 Å². The van der Waals surface area contributed by atoms with E-state index in [1.165, 1.54) is 12.1 Å². The van der Waals surface area contributed by atoms with Gasteiger partial charge in [0.2, 0.25) is 0 Å². The van der Waals surface area contributed by atoms with Gasteiger partial charge < -0.3 is 5.32 Å². The van der Waals surface area contributed by atoms with Crippen molar-refractivity contribution in [3.05, 3.63) is 73.7 Å². The Balaban J connectivity index is 2.11. The van der Waals surface area contributed by atoms with Crippen molar-refractivity contribution >= 4 is 27.5 Å². The third kappa shape index (κ3) is 3.88. The highest BCUT2D eigenvalue weighted by molar-refractivity contribution is 9.10. The quantitative estimate of drug-likeness (QED) is 0.677. The highest BCUT2D eigenvalue weighted by Gasteiger charge is 2.14. The van der Waals surface area contributed by atoms with E-state index in [1.54, 1.807) is 13.0 Å². The zero-order valence-electron chi connectivity index (χ0n) is 11.3. The van der Waals surface area contributed by atoms with Crippen LogP contribution in [0.2, 0.25) is 0 Å². The molecule has 0 atom stereocenters. The maximum Gasteiger partial charge on any atom is 0.270 e. The molecule has 0 aromatic heterocycles. The number of aryl methyl sites for hydroxylation is 1. The summed E-state index contributed by atoms with van der Waals surface area (Å²) in [4.78, 5) is 22.4. The molecule has 0 radical (unpaired) electrons. The summed E-state index contributed by atoms with van der Waals surface area (Å²) >= 11 is 3.34. The second-order valence-electron chi connectivity index (χ2n) is 4.57. The molecule has 0 heterocycles. The normalized spacial score (nSPS) is 10.2. The number of rotatable bonds is 4. The molecule has 1 N–H and O–H groups in total. The van der Waals surface area contributed by atoms with E-state index in [4.69, 9.17) is 0 Å². The summed E-state index contributed by atoms with van der Waals surface area (Å²) in [5.41, 5.74) is 1.89. The Bertz CT molecular complexity index is 684. The first-order valence-corrected chi connectivity index (χ1v) is 7.04. The minimum atomic E-state index is -0.509. The van der Waals surface area contributed by atoms with E-state index in [2.05, 4.69) is 21.2 Å². The number of carbonyl (C=O) groups is 1. The highest BCUT2D eigenvalue weighted by atomic mass is 79.9. The van der Waals surface area contributed by atoms with Gasteiger partial charge >= 0.3 is 0 Å². The number of halogens is 1. The van der Waals surface area contributed by atoms with Gasteiger partial charge in [-0.05, 0) is 30.2 Å². The Morgan fingerprint density at radius 3 is 2.52 bits per heavy atom. The number of carbonyl (C=O) groups excluding carboxylic acids is 1. The van der Waals surface area contributed by atoms with Gasteiger partial charge in [0.15, 0.2) is 0 Å². The summed E-state index contributed by atoms with van der Waals surface area (Å²) in [5, 5.41) is 13.5. The lowest BCUT2D eigenvalue weighted by Gasteiger charge is -2.08. The van der Waals surface area contributed by atoms with E-state index in [0.29, 0.717) is 17.7 Å². The maximum absolute atomic E-state index is 12.1. The molecular formula is C15H13BrN2O3. The molecule has 2 aromatic rings. The minimum Gasteiger partial charge on any atom is -0.348 e. The molecule has 21 heavy (non-hydrogen) atoms. The number of hydrogen-bond donors (Lipinski definition) is 1. The lowest BCUT2D eigenvalue weighted by atomic mass is 10.1. The third-order valence-electron chi connectivity index (χ3n) is 3.04. The van der Waals surface area contributed by atoms with Gasteiger partial charge in [0.25, 0.3) is 11.6 Å². The molecule has 1 amide bonds. The van der Waals surface area contributed by atoms with Crippen LogP contribution < -0.4 is 5.32 Å². The fraction of sp³-hybridized carbons (Fsp3) is 0.133. The second-order valence-corrected chi connectivity index (χ2v) is 5.48. The fourth-order valence-electron chi connectivity index (χ4n) is 1.85. The van der Waals surface area contributed by atoms with Crippen LogP contribution in [0, 0.1) is 17.0 Å². The molecule has 0 unspecified atom stereocenters. The SMILES string of the molecule is Cc1ccc([N+](=O)[O-])cc1C(=O)NCc1ccc(Br)cc1. The molecule has 0 bridgehead atoms. The molecule has 5 nitrogen and oxygen atoms in total. The minimum absolute atomic E-state index is 0.0885. The van der Waals surface area contributed by atoms with Gasteiger partial charge in [-0.25, -0.2) is 0 Å². The lowest BCUT2D eigenvalue weighted by Crippen LogP contribution is -2.23. The molecule has 2 aromatic carbocycles. The Labute approximate surface area is 130 Å². The topological polar surface area (TPSA) is 72.2 Å². The number of nitro benzene ring substituents is 1. The Morgan fingerprint density at radius 2 is 1.90 bits per heavy atom. The average Bonchev–Trinajstić information content (AvgIpc) is 2.46. The molecule has 0 fully saturated rings. The zero-order valence-corrected chi connectivity index (χ0v) is 12.9. The van der Waals surface area contributed by atoms with Gasteiger partial charge in [0.1, 0.15) is 0 Å². The molecule has 0 aliphatic carbocycles. The number of nitro groups is 1. The summed E-state index contributed by atoms with van der Waals surface area (Å²) in [6, 6.07) is 11.8. The predicted octanol–water partition coefficient (Wildman–Crippen LogP) is 3.60. The largest absolute Gasteiger partial charge is 0.348 e. The number of nitrogens with zero attached hydrogens (tertiary/aromatic N) is 1. The van der Waals surface area contributed by atoms with Crippen LogP contribution in [0.4, 0.5) is 5.69 Å². The Morgan fingerprint density at radius 1 is 1.24 bits per heavy atom. The van der Waals surface area contributed by atoms with Crippen LogP contribution in [0.25, 0.3) is 0 Å². The fourth-order valence-corrected chi connectivity index (χ4v) is 2.11. The van der Waals surface area contributed by atoms with Gasteiger partial charge in [0, 0.05) is 28.7 Å². The Hall–Kier alpha value is -2.21. The van der Waals surface area contributed by atoms with Crippen molar-refractivity contribution < 1.29 is 9.72 Å². The molecule has 2 rings (SSSR count).